The second-order valence-electron chi connectivity index (χ2n) is 4.94. The predicted octanol–water partition coefficient (Wildman–Crippen LogP) is 4.64. The van der Waals surface area contributed by atoms with Gasteiger partial charge in [0.1, 0.15) is 0 Å². The van der Waals surface area contributed by atoms with E-state index in [1.54, 1.807) is 0 Å². The number of aromatic nitrogens is 1. The monoisotopic (exact) mass is 262 g/mol. The van der Waals surface area contributed by atoms with Crippen LogP contribution in [0, 0.1) is 6.92 Å². The molecule has 0 aliphatic rings. The van der Waals surface area contributed by atoms with Crippen molar-refractivity contribution in [2.75, 3.05) is 11.9 Å². The molecule has 2 aromatic carbocycles. The summed E-state index contributed by atoms with van der Waals surface area (Å²) < 4.78 is 0. The van der Waals surface area contributed by atoms with Gasteiger partial charge < -0.3 is 5.32 Å². The van der Waals surface area contributed by atoms with Crippen LogP contribution in [-0.2, 0) is 0 Å². The van der Waals surface area contributed by atoms with Crippen molar-refractivity contribution < 1.29 is 0 Å². The summed E-state index contributed by atoms with van der Waals surface area (Å²) in [7, 11) is 0. The molecule has 0 saturated heterocycles. The molecule has 0 bridgehead atoms. The molecular formula is C18H18N2. The van der Waals surface area contributed by atoms with E-state index >= 15 is 0 Å². The van der Waals surface area contributed by atoms with E-state index in [0.29, 0.717) is 0 Å². The fraction of sp³-hybridized carbons (Fsp3) is 0.167. The topological polar surface area (TPSA) is 24.9 Å². The third-order valence-corrected chi connectivity index (χ3v) is 3.41. The largest absolute Gasteiger partial charge is 0.385 e. The standard InChI is InChI=1S/C18H18N2/c1-3-19-18-11-13(2)20-17-10-9-15(12-16(17)18)14-7-5-4-6-8-14/h4-12H,3H2,1-2H3,(H,19,20). The van der Waals surface area contributed by atoms with Crippen molar-refractivity contribution >= 4 is 16.6 Å². The smallest absolute Gasteiger partial charge is 0.0726 e. The van der Waals surface area contributed by atoms with Gasteiger partial charge in [-0.05, 0) is 43.2 Å². The van der Waals surface area contributed by atoms with Gasteiger partial charge in [0.15, 0.2) is 0 Å². The van der Waals surface area contributed by atoms with Gasteiger partial charge in [-0.25, -0.2) is 0 Å². The van der Waals surface area contributed by atoms with E-state index in [0.717, 1.165) is 23.4 Å². The van der Waals surface area contributed by atoms with Gasteiger partial charge in [0.25, 0.3) is 0 Å². The summed E-state index contributed by atoms with van der Waals surface area (Å²) in [5, 5.41) is 4.61. The second kappa shape index (κ2) is 5.33. The number of fused-ring (bicyclic) bond motifs is 1. The quantitative estimate of drug-likeness (QED) is 0.743. The molecule has 1 aromatic heterocycles. The average Bonchev–Trinajstić information content (AvgIpc) is 2.48. The minimum Gasteiger partial charge on any atom is -0.385 e. The molecule has 0 fully saturated rings. The first-order valence-corrected chi connectivity index (χ1v) is 6.98. The van der Waals surface area contributed by atoms with E-state index < -0.39 is 0 Å². The van der Waals surface area contributed by atoms with E-state index in [9.17, 15) is 0 Å². The van der Waals surface area contributed by atoms with Crippen molar-refractivity contribution in [1.29, 1.82) is 0 Å². The molecule has 0 saturated carbocycles. The van der Waals surface area contributed by atoms with Crippen LogP contribution in [0.25, 0.3) is 22.0 Å². The highest BCUT2D eigenvalue weighted by atomic mass is 14.9. The molecule has 0 aliphatic carbocycles. The zero-order chi connectivity index (χ0) is 13.9. The predicted molar refractivity (Wildman–Crippen MR) is 86.1 cm³/mol. The number of hydrogen-bond acceptors (Lipinski definition) is 2. The number of anilines is 1. The molecule has 0 unspecified atom stereocenters. The lowest BCUT2D eigenvalue weighted by atomic mass is 10.0. The van der Waals surface area contributed by atoms with Gasteiger partial charge in [-0.15, -0.1) is 0 Å². The number of hydrogen-bond donors (Lipinski definition) is 1. The summed E-state index contributed by atoms with van der Waals surface area (Å²) >= 11 is 0. The van der Waals surface area contributed by atoms with Crippen molar-refractivity contribution in [1.82, 2.24) is 4.98 Å². The Morgan fingerprint density at radius 1 is 0.950 bits per heavy atom. The highest BCUT2D eigenvalue weighted by molar-refractivity contribution is 5.94. The summed E-state index contributed by atoms with van der Waals surface area (Å²) in [5.74, 6) is 0. The van der Waals surface area contributed by atoms with Gasteiger partial charge in [0.2, 0.25) is 0 Å². The van der Waals surface area contributed by atoms with Gasteiger partial charge in [-0.2, -0.15) is 0 Å². The van der Waals surface area contributed by atoms with Gasteiger partial charge in [0, 0.05) is 23.3 Å². The maximum Gasteiger partial charge on any atom is 0.0726 e. The molecule has 100 valence electrons. The first-order chi connectivity index (χ1) is 9.78. The molecule has 0 radical (unpaired) electrons. The molecule has 1 N–H and O–H groups in total. The Morgan fingerprint density at radius 2 is 1.75 bits per heavy atom. The van der Waals surface area contributed by atoms with Crippen LogP contribution in [0.5, 0.6) is 0 Å². The van der Waals surface area contributed by atoms with Gasteiger partial charge in [-0.1, -0.05) is 36.4 Å². The van der Waals surface area contributed by atoms with Gasteiger partial charge in [0.05, 0.1) is 5.52 Å². The minimum atomic E-state index is 0.911. The summed E-state index contributed by atoms with van der Waals surface area (Å²) in [6.45, 7) is 5.06. The molecule has 0 atom stereocenters. The van der Waals surface area contributed by atoms with E-state index in [2.05, 4.69) is 65.8 Å². The van der Waals surface area contributed by atoms with E-state index in [4.69, 9.17) is 0 Å². The van der Waals surface area contributed by atoms with Crippen molar-refractivity contribution in [2.45, 2.75) is 13.8 Å². The van der Waals surface area contributed by atoms with Crippen LogP contribution < -0.4 is 5.32 Å². The first kappa shape index (κ1) is 12.7. The Bertz CT molecular complexity index is 733. The van der Waals surface area contributed by atoms with Crippen molar-refractivity contribution in [3.05, 3.63) is 60.3 Å². The molecule has 0 aliphatic heterocycles. The fourth-order valence-electron chi connectivity index (χ4n) is 2.51. The van der Waals surface area contributed by atoms with Crippen LogP contribution in [0.2, 0.25) is 0 Å². The Hall–Kier alpha value is -2.35. The lowest BCUT2D eigenvalue weighted by Gasteiger charge is -2.11. The summed E-state index contributed by atoms with van der Waals surface area (Å²) in [6, 6.07) is 19.0. The molecule has 0 amide bonds. The van der Waals surface area contributed by atoms with E-state index in [1.807, 2.05) is 13.0 Å². The lowest BCUT2D eigenvalue weighted by molar-refractivity contribution is 1.19. The molecule has 20 heavy (non-hydrogen) atoms. The van der Waals surface area contributed by atoms with Crippen LogP contribution in [0.4, 0.5) is 5.69 Å². The first-order valence-electron chi connectivity index (χ1n) is 6.98. The number of nitrogens with one attached hydrogen (secondary N) is 1. The summed E-state index contributed by atoms with van der Waals surface area (Å²) in [6.07, 6.45) is 0. The van der Waals surface area contributed by atoms with Crippen LogP contribution >= 0.6 is 0 Å². The van der Waals surface area contributed by atoms with Crippen molar-refractivity contribution in [2.24, 2.45) is 0 Å². The second-order valence-corrected chi connectivity index (χ2v) is 4.94. The van der Waals surface area contributed by atoms with Crippen molar-refractivity contribution in [3.63, 3.8) is 0 Å². The number of rotatable bonds is 3. The van der Waals surface area contributed by atoms with Crippen LogP contribution in [0.3, 0.4) is 0 Å². The zero-order valence-electron chi connectivity index (χ0n) is 11.9. The highest BCUT2D eigenvalue weighted by Crippen LogP contribution is 2.28. The molecule has 3 aromatic rings. The Balaban J connectivity index is 2.19. The van der Waals surface area contributed by atoms with E-state index in [-0.39, 0.29) is 0 Å². The number of nitrogens with zero attached hydrogens (tertiary/aromatic N) is 1. The number of pyridine rings is 1. The van der Waals surface area contributed by atoms with Crippen molar-refractivity contribution in [3.8, 4) is 11.1 Å². The fourth-order valence-corrected chi connectivity index (χ4v) is 2.51. The third kappa shape index (κ3) is 2.37. The van der Waals surface area contributed by atoms with Crippen LogP contribution in [0.1, 0.15) is 12.6 Å². The van der Waals surface area contributed by atoms with Gasteiger partial charge in [-0.3, -0.25) is 4.98 Å². The highest BCUT2D eigenvalue weighted by Gasteiger charge is 2.05. The molecule has 1 heterocycles. The van der Waals surface area contributed by atoms with Crippen LogP contribution in [-0.4, -0.2) is 11.5 Å². The van der Waals surface area contributed by atoms with Gasteiger partial charge >= 0.3 is 0 Å². The Morgan fingerprint density at radius 3 is 2.50 bits per heavy atom. The minimum absolute atomic E-state index is 0.911. The maximum absolute atomic E-state index is 4.61. The molecule has 2 nitrogen and oxygen atoms in total. The zero-order valence-corrected chi connectivity index (χ0v) is 11.9. The summed E-state index contributed by atoms with van der Waals surface area (Å²) in [5.41, 5.74) is 5.70. The normalized spacial score (nSPS) is 10.7. The lowest BCUT2D eigenvalue weighted by Crippen LogP contribution is -1.99. The van der Waals surface area contributed by atoms with Crippen LogP contribution in [0.15, 0.2) is 54.6 Å². The number of aryl methyl sites for hydroxylation is 1. The number of benzene rings is 2. The Labute approximate surface area is 119 Å². The Kier molecular flexibility index (Phi) is 3.38. The maximum atomic E-state index is 4.61. The summed E-state index contributed by atoms with van der Waals surface area (Å²) in [4.78, 5) is 4.61. The third-order valence-electron chi connectivity index (χ3n) is 3.41. The average molecular weight is 262 g/mol. The van der Waals surface area contributed by atoms with E-state index in [1.165, 1.54) is 16.5 Å². The SMILES string of the molecule is CCNc1cc(C)nc2ccc(-c3ccccc3)cc12. The molecule has 3 rings (SSSR count). The molecular weight excluding hydrogens is 244 g/mol. The molecule has 0 spiro atoms. The molecule has 2 heteroatoms.